The lowest BCUT2D eigenvalue weighted by Crippen LogP contribution is -2.46. The summed E-state index contributed by atoms with van der Waals surface area (Å²) in [4.78, 5) is 13.2. The fraction of sp³-hybridized carbons (Fsp3) is 0.320. The average molecular weight is 437 g/mol. The van der Waals surface area contributed by atoms with Gasteiger partial charge in [0.25, 0.3) is 0 Å². The highest BCUT2D eigenvalue weighted by molar-refractivity contribution is 9.10. The Hall–Kier alpha value is -1.97. The number of Topliss-reactive ketones (excluding diaryl/α,β-unsaturated/α-hetero) is 1. The predicted molar refractivity (Wildman–Crippen MR) is 117 cm³/mol. The molecule has 0 saturated heterocycles. The van der Waals surface area contributed by atoms with Gasteiger partial charge in [-0.25, -0.2) is 0 Å². The Morgan fingerprint density at radius 2 is 1.96 bits per heavy atom. The molecule has 0 radical (unpaired) electrons. The zero-order chi connectivity index (χ0) is 19.7. The first-order chi connectivity index (χ1) is 13.5. The maximum atomic E-state index is 13.2. The second kappa shape index (κ2) is 7.81. The number of benzene rings is 2. The first-order valence-corrected chi connectivity index (χ1v) is 10.7. The molecule has 144 valence electrons. The molecular weight excluding hydrogens is 412 g/mol. The van der Waals surface area contributed by atoms with Crippen LogP contribution in [0.1, 0.15) is 43.7 Å². The second-order valence-corrected chi connectivity index (χ2v) is 8.98. The van der Waals surface area contributed by atoms with Crippen molar-refractivity contribution in [3.63, 3.8) is 0 Å². The van der Waals surface area contributed by atoms with Gasteiger partial charge in [-0.15, -0.1) is 0 Å². The molecule has 0 spiro atoms. The lowest BCUT2D eigenvalue weighted by atomic mass is 9.57. The Balaban J connectivity index is 1.81. The van der Waals surface area contributed by atoms with E-state index in [2.05, 4.69) is 28.1 Å². The number of aliphatic hydroxyl groups excluding tert-OH is 1. The molecule has 0 bridgehead atoms. The van der Waals surface area contributed by atoms with Crippen molar-refractivity contribution in [3.05, 3.63) is 86.9 Å². The van der Waals surface area contributed by atoms with Crippen LogP contribution in [-0.2, 0) is 11.2 Å². The van der Waals surface area contributed by atoms with Crippen LogP contribution in [0.4, 0.5) is 0 Å². The summed E-state index contributed by atoms with van der Waals surface area (Å²) >= 11 is 3.51. The van der Waals surface area contributed by atoms with Crippen LogP contribution in [0.3, 0.4) is 0 Å². The summed E-state index contributed by atoms with van der Waals surface area (Å²) in [6.45, 7) is 1.95. The van der Waals surface area contributed by atoms with Crippen molar-refractivity contribution in [2.75, 3.05) is 0 Å². The van der Waals surface area contributed by atoms with Crippen molar-refractivity contribution >= 4 is 27.8 Å². The monoisotopic (exact) mass is 436 g/mol. The van der Waals surface area contributed by atoms with Crippen molar-refractivity contribution in [1.29, 1.82) is 0 Å². The lowest BCUT2D eigenvalue weighted by Gasteiger charge is -2.48. The summed E-state index contributed by atoms with van der Waals surface area (Å²) in [5, 5.41) is 11.2. The average Bonchev–Trinajstić information content (AvgIpc) is 2.68. The molecule has 1 saturated carbocycles. The highest BCUT2D eigenvalue weighted by Crippen LogP contribution is 2.52. The number of hydrogen-bond donors (Lipinski definition) is 1. The summed E-state index contributed by atoms with van der Waals surface area (Å²) in [5.74, 6) is 0.132. The lowest BCUT2D eigenvalue weighted by molar-refractivity contribution is -0.113. The molecule has 0 heterocycles. The SMILES string of the molecule is CC1=C2CCC[C@H](O)[C@@]2(Cc2ccccc2)C/C(=C\c2cccc(Br)c2)C1=O. The van der Waals surface area contributed by atoms with Crippen molar-refractivity contribution in [1.82, 2.24) is 0 Å². The third-order valence-corrected chi connectivity index (χ3v) is 6.78. The first-order valence-electron chi connectivity index (χ1n) is 9.93. The van der Waals surface area contributed by atoms with Gasteiger partial charge in [-0.05, 0) is 73.9 Å². The molecule has 3 heteroatoms. The minimum absolute atomic E-state index is 0.132. The van der Waals surface area contributed by atoms with Gasteiger partial charge in [0.1, 0.15) is 0 Å². The number of ketones is 1. The second-order valence-electron chi connectivity index (χ2n) is 8.06. The zero-order valence-corrected chi connectivity index (χ0v) is 17.7. The quantitative estimate of drug-likeness (QED) is 0.608. The molecule has 1 N–H and O–H groups in total. The van der Waals surface area contributed by atoms with E-state index in [-0.39, 0.29) is 11.2 Å². The number of carbonyl (C=O) groups excluding carboxylic acids is 1. The molecule has 0 amide bonds. The molecule has 1 fully saturated rings. The topological polar surface area (TPSA) is 37.3 Å². The molecule has 0 aliphatic heterocycles. The molecule has 0 aromatic heterocycles. The van der Waals surface area contributed by atoms with Crippen LogP contribution in [0.5, 0.6) is 0 Å². The van der Waals surface area contributed by atoms with Gasteiger partial charge in [0.2, 0.25) is 0 Å². The van der Waals surface area contributed by atoms with Crippen LogP contribution < -0.4 is 0 Å². The standard InChI is InChI=1S/C25H25BrO2/c1-17-22-11-6-12-23(27)25(22,15-18-7-3-2-4-8-18)16-20(24(17)28)13-19-9-5-10-21(26)14-19/h2-5,7-10,13-14,23,27H,6,11-12,15-16H2,1H3/b20-13+/t23-,25-/m0/s1. The highest BCUT2D eigenvalue weighted by Gasteiger charge is 2.48. The van der Waals surface area contributed by atoms with E-state index in [1.54, 1.807) is 0 Å². The Bertz CT molecular complexity index is 958. The Morgan fingerprint density at radius 1 is 1.18 bits per heavy atom. The molecule has 2 aliphatic carbocycles. The smallest absolute Gasteiger partial charge is 0.184 e. The number of carbonyl (C=O) groups is 1. The van der Waals surface area contributed by atoms with E-state index < -0.39 is 6.10 Å². The molecule has 28 heavy (non-hydrogen) atoms. The van der Waals surface area contributed by atoms with Gasteiger partial charge in [0.05, 0.1) is 6.10 Å². The predicted octanol–water partition coefficient (Wildman–Crippen LogP) is 5.90. The van der Waals surface area contributed by atoms with Crippen LogP contribution in [-0.4, -0.2) is 17.0 Å². The molecule has 4 rings (SSSR count). The van der Waals surface area contributed by atoms with Gasteiger partial charge < -0.3 is 5.11 Å². The molecular formula is C25H25BrO2. The summed E-state index contributed by atoms with van der Waals surface area (Å²) < 4.78 is 0.995. The number of rotatable bonds is 3. The van der Waals surface area contributed by atoms with E-state index in [1.165, 1.54) is 11.1 Å². The highest BCUT2D eigenvalue weighted by atomic mass is 79.9. The Kier molecular flexibility index (Phi) is 5.39. The van der Waals surface area contributed by atoms with Crippen LogP contribution >= 0.6 is 15.9 Å². The minimum Gasteiger partial charge on any atom is -0.392 e. The van der Waals surface area contributed by atoms with E-state index >= 15 is 0 Å². The Labute approximate surface area is 175 Å². The van der Waals surface area contributed by atoms with Crippen LogP contribution in [0.15, 0.2) is 75.8 Å². The van der Waals surface area contributed by atoms with Gasteiger partial charge in [-0.2, -0.15) is 0 Å². The summed E-state index contributed by atoms with van der Waals surface area (Å²) in [7, 11) is 0. The number of fused-ring (bicyclic) bond motifs is 1. The van der Waals surface area contributed by atoms with Gasteiger partial charge in [0.15, 0.2) is 5.78 Å². The number of hydrogen-bond acceptors (Lipinski definition) is 2. The summed E-state index contributed by atoms with van der Waals surface area (Å²) in [6, 6.07) is 18.4. The Morgan fingerprint density at radius 3 is 2.71 bits per heavy atom. The molecule has 2 aromatic rings. The third-order valence-electron chi connectivity index (χ3n) is 6.29. The summed E-state index contributed by atoms with van der Waals surface area (Å²) in [5.41, 5.74) is 4.65. The van der Waals surface area contributed by atoms with E-state index in [9.17, 15) is 9.90 Å². The summed E-state index contributed by atoms with van der Waals surface area (Å²) in [6.07, 6.45) is 5.59. The molecule has 2 atom stereocenters. The van der Waals surface area contributed by atoms with E-state index in [0.717, 1.165) is 46.9 Å². The van der Waals surface area contributed by atoms with Gasteiger partial charge >= 0.3 is 0 Å². The molecule has 2 aliphatic rings. The van der Waals surface area contributed by atoms with Crippen molar-refractivity contribution in [2.45, 2.75) is 45.1 Å². The van der Waals surface area contributed by atoms with Crippen LogP contribution in [0, 0.1) is 5.41 Å². The van der Waals surface area contributed by atoms with Crippen LogP contribution in [0.2, 0.25) is 0 Å². The fourth-order valence-electron chi connectivity index (χ4n) is 4.94. The fourth-order valence-corrected chi connectivity index (χ4v) is 5.36. The number of allylic oxidation sites excluding steroid dienone is 2. The normalized spacial score (nSPS) is 26.5. The number of halogens is 1. The van der Waals surface area contributed by atoms with Gasteiger partial charge in [-0.3, -0.25) is 4.79 Å². The van der Waals surface area contributed by atoms with E-state index in [1.807, 2.05) is 55.5 Å². The van der Waals surface area contributed by atoms with Crippen molar-refractivity contribution in [2.24, 2.45) is 5.41 Å². The van der Waals surface area contributed by atoms with Crippen molar-refractivity contribution in [3.8, 4) is 0 Å². The van der Waals surface area contributed by atoms with Crippen molar-refractivity contribution < 1.29 is 9.90 Å². The molecule has 2 aromatic carbocycles. The molecule has 0 unspecified atom stereocenters. The van der Waals surface area contributed by atoms with E-state index in [4.69, 9.17) is 0 Å². The first kappa shape index (κ1) is 19.4. The third kappa shape index (κ3) is 3.54. The molecule has 2 nitrogen and oxygen atoms in total. The van der Waals surface area contributed by atoms with Crippen LogP contribution in [0.25, 0.3) is 6.08 Å². The minimum atomic E-state index is -0.426. The van der Waals surface area contributed by atoms with Gasteiger partial charge in [-0.1, -0.05) is 64.0 Å². The maximum Gasteiger partial charge on any atom is 0.184 e. The van der Waals surface area contributed by atoms with E-state index in [0.29, 0.717) is 6.42 Å². The van der Waals surface area contributed by atoms with Gasteiger partial charge in [0, 0.05) is 15.5 Å². The number of aliphatic hydroxyl groups is 1. The zero-order valence-electron chi connectivity index (χ0n) is 16.1. The largest absolute Gasteiger partial charge is 0.392 e. The maximum absolute atomic E-state index is 13.2.